The molecule has 0 saturated heterocycles. The minimum absolute atomic E-state index is 0.114. The lowest BCUT2D eigenvalue weighted by Crippen LogP contribution is -2.15. The van der Waals surface area contributed by atoms with E-state index in [1.807, 2.05) is 0 Å². The van der Waals surface area contributed by atoms with E-state index in [1.165, 1.54) is 111 Å². The molecule has 0 fully saturated rings. The van der Waals surface area contributed by atoms with E-state index in [-0.39, 0.29) is 10.8 Å². The molecule has 278 valence electrons. The molecule has 2 aliphatic rings. The van der Waals surface area contributed by atoms with Gasteiger partial charge in [0.25, 0.3) is 0 Å². The quantitative estimate of drug-likeness (QED) is 0.159. The minimum Gasteiger partial charge on any atom is -0.497 e. The van der Waals surface area contributed by atoms with E-state index in [2.05, 4.69) is 204 Å². The molecular weight excluding hydrogens is 701 g/mol. The molecule has 0 bridgehead atoms. The maximum atomic E-state index is 5.62. The first kappa shape index (κ1) is 34.5. The topological polar surface area (TPSA) is 9.23 Å². The van der Waals surface area contributed by atoms with Crippen molar-refractivity contribution in [3.63, 3.8) is 0 Å². The number of ether oxygens (including phenoxy) is 1. The van der Waals surface area contributed by atoms with Crippen LogP contribution in [0.2, 0.25) is 0 Å². The Balaban J connectivity index is 1.00. The smallest absolute Gasteiger partial charge is 0.119 e. The number of rotatable bonds is 5. The zero-order chi connectivity index (χ0) is 39.3. The summed E-state index contributed by atoms with van der Waals surface area (Å²) in [6, 6.07) is 65.6. The van der Waals surface area contributed by atoms with Crippen LogP contribution in [-0.4, -0.2) is 7.11 Å². The maximum Gasteiger partial charge on any atom is 0.119 e. The molecular formula is C57H44O. The molecule has 0 heterocycles. The van der Waals surface area contributed by atoms with E-state index in [1.54, 1.807) is 7.11 Å². The molecule has 1 nitrogen and oxygen atoms in total. The fraction of sp³-hybridized carbons (Fsp3) is 0.123. The third kappa shape index (κ3) is 5.02. The lowest BCUT2D eigenvalue weighted by atomic mass is 9.79. The second-order valence-corrected chi connectivity index (χ2v) is 17.2. The zero-order valence-electron chi connectivity index (χ0n) is 33.7. The second-order valence-electron chi connectivity index (χ2n) is 17.2. The summed E-state index contributed by atoms with van der Waals surface area (Å²) in [5, 5.41) is 5.10. The van der Waals surface area contributed by atoms with Crippen LogP contribution >= 0.6 is 0 Å². The van der Waals surface area contributed by atoms with Crippen LogP contribution in [0.4, 0.5) is 0 Å². The van der Waals surface area contributed by atoms with E-state index < -0.39 is 0 Å². The molecule has 0 saturated carbocycles. The van der Waals surface area contributed by atoms with Crippen molar-refractivity contribution in [2.24, 2.45) is 0 Å². The number of benzene rings is 9. The fourth-order valence-electron chi connectivity index (χ4n) is 10.3. The van der Waals surface area contributed by atoms with Crippen molar-refractivity contribution in [1.82, 2.24) is 0 Å². The predicted molar refractivity (Wildman–Crippen MR) is 245 cm³/mol. The molecule has 58 heavy (non-hydrogen) atoms. The fourth-order valence-corrected chi connectivity index (χ4v) is 10.3. The molecule has 0 radical (unpaired) electrons. The SMILES string of the molecule is COc1ccc2c(c1)C(C)(C)c1cc(-c3ccc4c(c3)C(C)(C)c3cc(-c5c6ccccc6c(-c6ccc(-c7ccccc7)cc6)c6ccccc56)ccc3-4)ccc1-2. The first-order valence-corrected chi connectivity index (χ1v) is 20.5. The summed E-state index contributed by atoms with van der Waals surface area (Å²) in [6.45, 7) is 9.48. The van der Waals surface area contributed by atoms with Crippen LogP contribution in [0.5, 0.6) is 5.75 Å². The van der Waals surface area contributed by atoms with Gasteiger partial charge in [-0.1, -0.05) is 173 Å². The summed E-state index contributed by atoms with van der Waals surface area (Å²) in [7, 11) is 1.75. The normalized spacial score (nSPS) is 14.2. The van der Waals surface area contributed by atoms with Gasteiger partial charge in [-0.2, -0.15) is 0 Å². The molecule has 0 atom stereocenters. The standard InChI is InChI=1S/C57H44O/c1-56(2)50-31-38(39-24-28-43-45-30-26-41(58-5)34-53(45)57(3,4)51(43)32-39)23-27-42(50)44-29-25-40(33-52(44)56)55-48-17-11-9-15-46(48)54(47-16-10-12-18-49(47)55)37-21-19-36(20-22-37)35-13-7-6-8-14-35/h6-34H,1-5H3. The highest BCUT2D eigenvalue weighted by Crippen LogP contribution is 2.54. The van der Waals surface area contributed by atoms with Crippen molar-refractivity contribution in [3.05, 3.63) is 198 Å². The first-order valence-electron chi connectivity index (χ1n) is 20.5. The molecule has 11 rings (SSSR count). The van der Waals surface area contributed by atoms with Crippen molar-refractivity contribution in [2.45, 2.75) is 38.5 Å². The molecule has 9 aromatic carbocycles. The lowest BCUT2D eigenvalue weighted by Gasteiger charge is -2.24. The Bertz CT molecular complexity index is 3070. The third-order valence-corrected chi connectivity index (χ3v) is 13.4. The first-order chi connectivity index (χ1) is 28.2. The van der Waals surface area contributed by atoms with Gasteiger partial charge in [-0.3, -0.25) is 0 Å². The molecule has 0 aromatic heterocycles. The summed E-state index contributed by atoms with van der Waals surface area (Å²) < 4.78 is 5.62. The number of fused-ring (bicyclic) bond motifs is 8. The number of hydrogen-bond acceptors (Lipinski definition) is 1. The van der Waals surface area contributed by atoms with Crippen LogP contribution in [0.15, 0.2) is 176 Å². The van der Waals surface area contributed by atoms with Crippen LogP contribution in [0.25, 0.3) is 88.3 Å². The van der Waals surface area contributed by atoms with Crippen LogP contribution < -0.4 is 4.74 Å². The Kier molecular flexibility index (Phi) is 7.53. The summed E-state index contributed by atoms with van der Waals surface area (Å²) in [5.41, 5.74) is 20.5. The average molecular weight is 745 g/mol. The summed E-state index contributed by atoms with van der Waals surface area (Å²) in [5.74, 6) is 0.909. The van der Waals surface area contributed by atoms with E-state index in [9.17, 15) is 0 Å². The Labute approximate surface area is 341 Å². The summed E-state index contributed by atoms with van der Waals surface area (Å²) >= 11 is 0. The highest BCUT2D eigenvalue weighted by Gasteiger charge is 2.38. The van der Waals surface area contributed by atoms with Crippen molar-refractivity contribution >= 4 is 21.5 Å². The van der Waals surface area contributed by atoms with Gasteiger partial charge in [0.05, 0.1) is 7.11 Å². The minimum atomic E-state index is -0.175. The Morgan fingerprint density at radius 3 is 1.14 bits per heavy atom. The molecule has 1 heteroatoms. The maximum absolute atomic E-state index is 5.62. The van der Waals surface area contributed by atoms with Crippen molar-refractivity contribution in [3.8, 4) is 72.5 Å². The molecule has 0 N–H and O–H groups in total. The van der Waals surface area contributed by atoms with Gasteiger partial charge < -0.3 is 4.74 Å². The number of methoxy groups -OCH3 is 1. The van der Waals surface area contributed by atoms with Gasteiger partial charge >= 0.3 is 0 Å². The molecule has 2 aliphatic carbocycles. The Morgan fingerprint density at radius 2 is 0.655 bits per heavy atom. The van der Waals surface area contributed by atoms with Crippen LogP contribution in [0.3, 0.4) is 0 Å². The van der Waals surface area contributed by atoms with Gasteiger partial charge in [-0.05, 0) is 141 Å². The number of hydrogen-bond donors (Lipinski definition) is 0. The molecule has 0 aliphatic heterocycles. The average Bonchev–Trinajstić information content (AvgIpc) is 3.63. The largest absolute Gasteiger partial charge is 0.497 e. The lowest BCUT2D eigenvalue weighted by molar-refractivity contribution is 0.413. The Hall–Kier alpha value is -6.70. The van der Waals surface area contributed by atoms with Crippen LogP contribution in [0.1, 0.15) is 49.9 Å². The highest BCUT2D eigenvalue weighted by atomic mass is 16.5. The van der Waals surface area contributed by atoms with E-state index >= 15 is 0 Å². The second kappa shape index (κ2) is 12.7. The molecule has 0 unspecified atom stereocenters. The van der Waals surface area contributed by atoms with Gasteiger partial charge in [0, 0.05) is 10.8 Å². The van der Waals surface area contributed by atoms with E-state index in [0.29, 0.717) is 0 Å². The highest BCUT2D eigenvalue weighted by molar-refractivity contribution is 6.21. The Morgan fingerprint density at radius 1 is 0.310 bits per heavy atom. The van der Waals surface area contributed by atoms with Gasteiger partial charge in [-0.15, -0.1) is 0 Å². The van der Waals surface area contributed by atoms with Crippen molar-refractivity contribution in [2.75, 3.05) is 7.11 Å². The zero-order valence-corrected chi connectivity index (χ0v) is 33.7. The predicted octanol–water partition coefficient (Wildman–Crippen LogP) is 15.3. The van der Waals surface area contributed by atoms with Crippen molar-refractivity contribution < 1.29 is 4.74 Å². The third-order valence-electron chi connectivity index (χ3n) is 13.4. The van der Waals surface area contributed by atoms with Crippen LogP contribution in [-0.2, 0) is 10.8 Å². The van der Waals surface area contributed by atoms with Gasteiger partial charge in [0.15, 0.2) is 0 Å². The van der Waals surface area contributed by atoms with E-state index in [0.717, 1.165) is 5.75 Å². The van der Waals surface area contributed by atoms with E-state index in [4.69, 9.17) is 4.74 Å². The molecule has 0 amide bonds. The van der Waals surface area contributed by atoms with Gasteiger partial charge in [-0.25, -0.2) is 0 Å². The van der Waals surface area contributed by atoms with Crippen LogP contribution in [0, 0.1) is 0 Å². The van der Waals surface area contributed by atoms with Gasteiger partial charge in [0.1, 0.15) is 5.75 Å². The molecule has 0 spiro atoms. The monoisotopic (exact) mass is 744 g/mol. The molecule has 9 aromatic rings. The van der Waals surface area contributed by atoms with Gasteiger partial charge in [0.2, 0.25) is 0 Å². The van der Waals surface area contributed by atoms with Crippen molar-refractivity contribution in [1.29, 1.82) is 0 Å². The summed E-state index contributed by atoms with van der Waals surface area (Å²) in [4.78, 5) is 0. The summed E-state index contributed by atoms with van der Waals surface area (Å²) in [6.07, 6.45) is 0.